The van der Waals surface area contributed by atoms with E-state index in [4.69, 9.17) is 14.2 Å². The number of aromatic nitrogens is 2. The molecule has 2 heterocycles. The first kappa shape index (κ1) is 16.5. The van der Waals surface area contributed by atoms with Crippen LogP contribution in [0, 0.1) is 0 Å². The Morgan fingerprint density at radius 1 is 1.55 bits per heavy atom. The van der Waals surface area contributed by atoms with Crippen molar-refractivity contribution in [3.63, 3.8) is 0 Å². The molecule has 120 valence electrons. The monoisotopic (exact) mass is 305 g/mol. The third kappa shape index (κ3) is 5.13. The molecule has 1 atom stereocenters. The molecule has 6 heteroatoms. The van der Waals surface area contributed by atoms with Gasteiger partial charge in [0, 0.05) is 24.8 Å². The second-order valence-electron chi connectivity index (χ2n) is 5.21. The first-order chi connectivity index (χ1) is 10.7. The van der Waals surface area contributed by atoms with Crippen LogP contribution in [0.2, 0.25) is 0 Å². The molecule has 6 nitrogen and oxygen atoms in total. The minimum absolute atomic E-state index is 0.115. The van der Waals surface area contributed by atoms with Gasteiger partial charge < -0.3 is 19.1 Å². The van der Waals surface area contributed by atoms with E-state index in [1.165, 1.54) is 6.33 Å². The fourth-order valence-corrected chi connectivity index (χ4v) is 2.12. The predicted octanol–water partition coefficient (Wildman–Crippen LogP) is 1.80. The molecule has 1 unspecified atom stereocenters. The summed E-state index contributed by atoms with van der Waals surface area (Å²) in [6, 6.07) is 0. The van der Waals surface area contributed by atoms with Crippen molar-refractivity contribution in [3.8, 4) is 0 Å². The molecule has 0 amide bonds. The molecule has 1 aromatic heterocycles. The maximum Gasteiger partial charge on any atom is 0.116 e. The third-order valence-electron chi connectivity index (χ3n) is 3.40. The van der Waals surface area contributed by atoms with E-state index in [2.05, 4.69) is 21.9 Å². The fraction of sp³-hybridized carbons (Fsp3) is 0.500. The van der Waals surface area contributed by atoms with Crippen molar-refractivity contribution < 1.29 is 14.2 Å². The van der Waals surface area contributed by atoms with E-state index in [1.54, 1.807) is 19.6 Å². The van der Waals surface area contributed by atoms with Crippen LogP contribution in [0.4, 0.5) is 0 Å². The van der Waals surface area contributed by atoms with Gasteiger partial charge in [-0.15, -0.1) is 0 Å². The highest BCUT2D eigenvalue weighted by Gasteiger charge is 2.17. The molecular weight excluding hydrogens is 282 g/mol. The molecule has 1 aromatic rings. The maximum absolute atomic E-state index is 5.64. The molecule has 0 aromatic carbocycles. The molecule has 0 bridgehead atoms. The number of allylic oxidation sites excluding steroid dienone is 1. The van der Waals surface area contributed by atoms with Crippen molar-refractivity contribution in [2.75, 3.05) is 40.5 Å². The first-order valence-corrected chi connectivity index (χ1v) is 7.29. The molecule has 1 fully saturated rings. The summed E-state index contributed by atoms with van der Waals surface area (Å²) in [6.45, 7) is 5.04. The minimum atomic E-state index is 0.115. The molecule has 0 saturated carbocycles. The van der Waals surface area contributed by atoms with Crippen LogP contribution in [0.1, 0.15) is 18.2 Å². The van der Waals surface area contributed by atoms with Crippen LogP contribution in [-0.2, 0) is 14.2 Å². The van der Waals surface area contributed by atoms with E-state index in [9.17, 15) is 0 Å². The summed E-state index contributed by atoms with van der Waals surface area (Å²) in [5, 5.41) is 0. The molecule has 0 radical (unpaired) electrons. The number of methoxy groups -OCH3 is 1. The lowest BCUT2D eigenvalue weighted by Crippen LogP contribution is -2.41. The van der Waals surface area contributed by atoms with Crippen molar-refractivity contribution in [2.24, 2.45) is 0 Å². The van der Waals surface area contributed by atoms with Gasteiger partial charge in [-0.3, -0.25) is 0 Å². The maximum atomic E-state index is 5.64. The van der Waals surface area contributed by atoms with Crippen molar-refractivity contribution in [2.45, 2.75) is 13.0 Å². The minimum Gasteiger partial charge on any atom is -0.501 e. The van der Waals surface area contributed by atoms with Gasteiger partial charge in [-0.1, -0.05) is 0 Å². The number of likely N-dealkylation sites (N-methyl/N-ethyl adjacent to an activating group) is 1. The average Bonchev–Trinajstić information content (AvgIpc) is 2.53. The lowest BCUT2D eigenvalue weighted by molar-refractivity contribution is -0.0478. The van der Waals surface area contributed by atoms with Crippen LogP contribution in [0.3, 0.4) is 0 Å². The Labute approximate surface area is 131 Å². The summed E-state index contributed by atoms with van der Waals surface area (Å²) in [6.07, 6.45) is 8.73. The van der Waals surface area contributed by atoms with Crippen LogP contribution < -0.4 is 0 Å². The number of morpholine rings is 1. The zero-order chi connectivity index (χ0) is 15.8. The van der Waals surface area contributed by atoms with E-state index in [0.717, 1.165) is 36.7 Å². The highest BCUT2D eigenvalue weighted by molar-refractivity contribution is 5.61. The van der Waals surface area contributed by atoms with E-state index < -0.39 is 0 Å². The van der Waals surface area contributed by atoms with Crippen LogP contribution >= 0.6 is 0 Å². The zero-order valence-electron chi connectivity index (χ0n) is 13.4. The molecule has 22 heavy (non-hydrogen) atoms. The predicted molar refractivity (Wildman–Crippen MR) is 84.9 cm³/mol. The fourth-order valence-electron chi connectivity index (χ4n) is 2.12. The highest BCUT2D eigenvalue weighted by Crippen LogP contribution is 2.12. The second-order valence-corrected chi connectivity index (χ2v) is 5.21. The van der Waals surface area contributed by atoms with Gasteiger partial charge >= 0.3 is 0 Å². The number of hydrogen-bond donors (Lipinski definition) is 0. The van der Waals surface area contributed by atoms with Crippen LogP contribution in [0.25, 0.3) is 12.2 Å². The van der Waals surface area contributed by atoms with Crippen molar-refractivity contribution in [1.82, 2.24) is 14.9 Å². The van der Waals surface area contributed by atoms with Gasteiger partial charge in [0.2, 0.25) is 0 Å². The summed E-state index contributed by atoms with van der Waals surface area (Å²) in [7, 11) is 3.72. The summed E-state index contributed by atoms with van der Waals surface area (Å²) >= 11 is 0. The third-order valence-corrected chi connectivity index (χ3v) is 3.40. The molecule has 1 saturated heterocycles. The first-order valence-electron chi connectivity index (χ1n) is 7.29. The molecule has 0 aliphatic carbocycles. The SMILES string of the molecule is CO/C(C)=C/c1cncnc1/C=C/OCC1CN(C)CCO1. The van der Waals surface area contributed by atoms with Gasteiger partial charge in [0.1, 0.15) is 19.0 Å². The summed E-state index contributed by atoms with van der Waals surface area (Å²) in [5.41, 5.74) is 1.67. The molecule has 0 spiro atoms. The normalized spacial score (nSPS) is 20.3. The Balaban J connectivity index is 1.90. The summed E-state index contributed by atoms with van der Waals surface area (Å²) < 4.78 is 16.4. The molecule has 1 aliphatic heterocycles. The lowest BCUT2D eigenvalue weighted by atomic mass is 10.2. The molecular formula is C16H23N3O3. The summed E-state index contributed by atoms with van der Waals surface area (Å²) in [4.78, 5) is 10.5. The van der Waals surface area contributed by atoms with Crippen molar-refractivity contribution in [3.05, 3.63) is 35.8 Å². The Morgan fingerprint density at radius 3 is 3.18 bits per heavy atom. The Hall–Kier alpha value is -1.92. The van der Waals surface area contributed by atoms with E-state index in [-0.39, 0.29) is 6.10 Å². The standard InChI is InChI=1S/C16H23N3O3/c1-13(20-3)8-14-9-17-12-18-16(14)4-6-21-11-15-10-19(2)5-7-22-15/h4,6,8-9,12,15H,5,7,10-11H2,1-3H3/b6-4+,13-8+. The number of rotatable bonds is 6. The average molecular weight is 305 g/mol. The Bertz CT molecular complexity index is 531. The Kier molecular flexibility index (Phi) is 6.36. The number of ether oxygens (including phenoxy) is 3. The van der Waals surface area contributed by atoms with Gasteiger partial charge in [0.05, 0.1) is 31.4 Å². The molecule has 1 aliphatic rings. The zero-order valence-corrected chi connectivity index (χ0v) is 13.4. The second kappa shape index (κ2) is 8.51. The topological polar surface area (TPSA) is 56.7 Å². The quantitative estimate of drug-likeness (QED) is 0.747. The van der Waals surface area contributed by atoms with E-state index >= 15 is 0 Å². The van der Waals surface area contributed by atoms with Crippen molar-refractivity contribution in [1.29, 1.82) is 0 Å². The molecule has 2 rings (SSSR count). The number of nitrogens with zero attached hydrogens (tertiary/aromatic N) is 3. The van der Waals surface area contributed by atoms with E-state index in [0.29, 0.717) is 6.61 Å². The van der Waals surface area contributed by atoms with Crippen LogP contribution in [-0.4, -0.2) is 61.4 Å². The largest absolute Gasteiger partial charge is 0.501 e. The van der Waals surface area contributed by atoms with Gasteiger partial charge in [0.25, 0.3) is 0 Å². The van der Waals surface area contributed by atoms with Gasteiger partial charge in [-0.25, -0.2) is 9.97 Å². The highest BCUT2D eigenvalue weighted by atomic mass is 16.5. The molecule has 0 N–H and O–H groups in total. The smallest absolute Gasteiger partial charge is 0.116 e. The lowest BCUT2D eigenvalue weighted by Gasteiger charge is -2.29. The number of hydrogen-bond acceptors (Lipinski definition) is 6. The van der Waals surface area contributed by atoms with Gasteiger partial charge in [0.15, 0.2) is 0 Å². The van der Waals surface area contributed by atoms with Crippen LogP contribution in [0.5, 0.6) is 0 Å². The van der Waals surface area contributed by atoms with Gasteiger partial charge in [-0.2, -0.15) is 0 Å². The summed E-state index contributed by atoms with van der Waals surface area (Å²) in [5.74, 6) is 0.795. The van der Waals surface area contributed by atoms with E-state index in [1.807, 2.05) is 19.1 Å². The van der Waals surface area contributed by atoms with Crippen LogP contribution in [0.15, 0.2) is 24.5 Å². The van der Waals surface area contributed by atoms with Crippen molar-refractivity contribution >= 4 is 12.2 Å². The van der Waals surface area contributed by atoms with Gasteiger partial charge in [-0.05, 0) is 26.1 Å². The Morgan fingerprint density at radius 2 is 2.41 bits per heavy atom.